The molecule has 1 aromatic heterocycles. The van der Waals surface area contributed by atoms with Crippen molar-refractivity contribution in [1.29, 1.82) is 0 Å². The molecule has 2 amide bonds. The number of carbonyl (C=O) groups is 3. The Labute approximate surface area is 157 Å². The van der Waals surface area contributed by atoms with Crippen LogP contribution in [0.4, 0.5) is 13.2 Å². The average Bonchev–Trinajstić information content (AvgIpc) is 3.17. The van der Waals surface area contributed by atoms with Crippen LogP contribution in [0.25, 0.3) is 10.9 Å². The molecule has 1 aliphatic heterocycles. The monoisotopic (exact) mass is 397 g/mol. The minimum Gasteiger partial charge on any atom is -0.480 e. The second-order valence-electron chi connectivity index (χ2n) is 6.75. The van der Waals surface area contributed by atoms with E-state index in [4.69, 9.17) is 0 Å². The third-order valence-electron chi connectivity index (χ3n) is 4.67. The number of amides is 2. The Morgan fingerprint density at radius 1 is 1.32 bits per heavy atom. The van der Waals surface area contributed by atoms with Crippen LogP contribution in [-0.2, 0) is 20.8 Å². The van der Waals surface area contributed by atoms with E-state index in [1.807, 2.05) is 18.2 Å². The van der Waals surface area contributed by atoms with E-state index in [1.54, 1.807) is 12.3 Å². The first-order chi connectivity index (χ1) is 13.1. The number of benzene rings is 1. The summed E-state index contributed by atoms with van der Waals surface area (Å²) in [6.45, 7) is -1.81. The summed E-state index contributed by atoms with van der Waals surface area (Å²) >= 11 is 0. The molecular formula is C18H18F3N3O4. The quantitative estimate of drug-likeness (QED) is 0.690. The Balaban J connectivity index is 1.67. The van der Waals surface area contributed by atoms with Crippen molar-refractivity contribution < 1.29 is 32.7 Å². The summed E-state index contributed by atoms with van der Waals surface area (Å²) in [4.78, 5) is 39.2. The first-order valence-electron chi connectivity index (χ1n) is 8.57. The number of carboxylic acids is 1. The molecule has 0 spiro atoms. The lowest BCUT2D eigenvalue weighted by Gasteiger charge is -2.19. The van der Waals surface area contributed by atoms with Crippen molar-refractivity contribution >= 4 is 28.7 Å². The number of aromatic nitrogens is 1. The molecule has 2 atom stereocenters. The maximum Gasteiger partial charge on any atom is 0.406 e. The highest BCUT2D eigenvalue weighted by Gasteiger charge is 2.41. The number of halogens is 3. The van der Waals surface area contributed by atoms with Gasteiger partial charge in [0.05, 0.1) is 5.92 Å². The van der Waals surface area contributed by atoms with Crippen molar-refractivity contribution in [2.45, 2.75) is 25.1 Å². The molecule has 1 aliphatic rings. The number of alkyl halides is 3. The van der Waals surface area contributed by atoms with Gasteiger partial charge in [-0.05, 0) is 11.6 Å². The molecule has 150 valence electrons. The Bertz CT molecular complexity index is 909. The Kier molecular flexibility index (Phi) is 5.30. The number of fused-ring (bicyclic) bond motifs is 1. The van der Waals surface area contributed by atoms with Gasteiger partial charge >= 0.3 is 12.1 Å². The minimum atomic E-state index is -4.56. The van der Waals surface area contributed by atoms with Crippen molar-refractivity contribution in [2.24, 2.45) is 5.92 Å². The van der Waals surface area contributed by atoms with E-state index in [0.717, 1.165) is 10.9 Å². The van der Waals surface area contributed by atoms with Crippen LogP contribution in [0.5, 0.6) is 0 Å². The molecule has 2 heterocycles. The molecule has 28 heavy (non-hydrogen) atoms. The van der Waals surface area contributed by atoms with E-state index in [0.29, 0.717) is 10.5 Å². The molecule has 0 bridgehead atoms. The number of rotatable bonds is 6. The third-order valence-corrected chi connectivity index (χ3v) is 4.67. The van der Waals surface area contributed by atoms with Gasteiger partial charge in [0.1, 0.15) is 12.6 Å². The lowest BCUT2D eigenvalue weighted by atomic mass is 10.0. The highest BCUT2D eigenvalue weighted by atomic mass is 19.4. The molecule has 2 aromatic rings. The Morgan fingerprint density at radius 2 is 2.04 bits per heavy atom. The fourth-order valence-corrected chi connectivity index (χ4v) is 3.33. The number of carboxylic acid groups (broad SMARTS) is 1. The predicted octanol–water partition coefficient (Wildman–Crippen LogP) is 1.69. The van der Waals surface area contributed by atoms with Gasteiger partial charge in [-0.15, -0.1) is 0 Å². The number of carbonyl (C=O) groups excluding carboxylic acids is 2. The van der Waals surface area contributed by atoms with Crippen LogP contribution in [-0.4, -0.2) is 58.1 Å². The number of hydrogen-bond donors (Lipinski definition) is 3. The molecule has 1 aromatic carbocycles. The first kappa shape index (κ1) is 19.7. The maximum atomic E-state index is 12.5. The van der Waals surface area contributed by atoms with Crippen molar-refractivity contribution in [2.75, 3.05) is 13.1 Å². The van der Waals surface area contributed by atoms with E-state index in [1.165, 1.54) is 0 Å². The molecule has 7 nitrogen and oxygen atoms in total. The van der Waals surface area contributed by atoms with E-state index < -0.39 is 42.5 Å². The van der Waals surface area contributed by atoms with Gasteiger partial charge in [-0.3, -0.25) is 9.59 Å². The second-order valence-corrected chi connectivity index (χ2v) is 6.75. The summed E-state index contributed by atoms with van der Waals surface area (Å²) in [6.07, 6.45) is -3.28. The molecule has 0 aliphatic carbocycles. The Hall–Kier alpha value is -3.04. The van der Waals surface area contributed by atoms with E-state index in [2.05, 4.69) is 10.3 Å². The van der Waals surface area contributed by atoms with Gasteiger partial charge in [-0.25, -0.2) is 4.79 Å². The van der Waals surface area contributed by atoms with Gasteiger partial charge < -0.3 is 20.3 Å². The standard InChI is InChI=1S/C18H18F3N3O4/c19-18(20,21)9-24-8-11(6-15(24)25)16(26)23-14(17(27)28)5-10-7-22-13-4-2-1-3-12(10)13/h1-4,7,11,14,22H,5-6,8-9H2,(H,23,26)(H,27,28)/t11-,14+/m1/s1. The van der Waals surface area contributed by atoms with E-state index in [9.17, 15) is 32.7 Å². The molecule has 1 fully saturated rings. The lowest BCUT2D eigenvalue weighted by Crippen LogP contribution is -2.45. The smallest absolute Gasteiger partial charge is 0.406 e. The van der Waals surface area contributed by atoms with Crippen LogP contribution in [0, 0.1) is 5.92 Å². The van der Waals surface area contributed by atoms with E-state index >= 15 is 0 Å². The molecule has 0 saturated carbocycles. The zero-order valence-corrected chi connectivity index (χ0v) is 14.6. The fraction of sp³-hybridized carbons (Fsp3) is 0.389. The third kappa shape index (κ3) is 4.44. The SMILES string of the molecule is O=C(N[C@@H](Cc1c[nH]c2ccccc12)C(=O)O)[C@@H]1CC(=O)N(CC(F)(F)F)C1. The molecule has 1 saturated heterocycles. The van der Waals surface area contributed by atoms with Crippen LogP contribution in [0.2, 0.25) is 0 Å². The van der Waals surface area contributed by atoms with Crippen LogP contribution in [0.1, 0.15) is 12.0 Å². The normalized spacial score (nSPS) is 18.5. The summed E-state index contributed by atoms with van der Waals surface area (Å²) < 4.78 is 37.5. The summed E-state index contributed by atoms with van der Waals surface area (Å²) in [5.41, 5.74) is 1.50. The van der Waals surface area contributed by atoms with Crippen LogP contribution < -0.4 is 5.32 Å². The van der Waals surface area contributed by atoms with Crippen molar-refractivity contribution in [3.8, 4) is 0 Å². The minimum absolute atomic E-state index is 0.00197. The van der Waals surface area contributed by atoms with Gasteiger partial charge in [-0.2, -0.15) is 13.2 Å². The van der Waals surface area contributed by atoms with Crippen molar-refractivity contribution in [1.82, 2.24) is 15.2 Å². The summed E-state index contributed by atoms with van der Waals surface area (Å²) in [5.74, 6) is -3.80. The zero-order chi connectivity index (χ0) is 20.5. The molecule has 0 radical (unpaired) electrons. The van der Waals surface area contributed by atoms with Crippen LogP contribution >= 0.6 is 0 Å². The number of hydrogen-bond acceptors (Lipinski definition) is 3. The van der Waals surface area contributed by atoms with Crippen LogP contribution in [0.3, 0.4) is 0 Å². The molecule has 3 N–H and O–H groups in total. The number of aliphatic carboxylic acids is 1. The largest absolute Gasteiger partial charge is 0.480 e. The van der Waals surface area contributed by atoms with Crippen LogP contribution in [0.15, 0.2) is 30.5 Å². The van der Waals surface area contributed by atoms with Gasteiger partial charge in [-0.1, -0.05) is 18.2 Å². The number of para-hydroxylation sites is 1. The maximum absolute atomic E-state index is 12.5. The highest BCUT2D eigenvalue weighted by molar-refractivity contribution is 5.92. The summed E-state index contributed by atoms with van der Waals surface area (Å²) in [6, 6.07) is 5.99. The molecule has 10 heteroatoms. The second kappa shape index (κ2) is 7.53. The zero-order valence-electron chi connectivity index (χ0n) is 14.6. The summed E-state index contributed by atoms with van der Waals surface area (Å²) in [7, 11) is 0. The topological polar surface area (TPSA) is 102 Å². The van der Waals surface area contributed by atoms with Crippen molar-refractivity contribution in [3.63, 3.8) is 0 Å². The first-order valence-corrected chi connectivity index (χ1v) is 8.57. The fourth-order valence-electron chi connectivity index (χ4n) is 3.33. The molecular weight excluding hydrogens is 379 g/mol. The van der Waals surface area contributed by atoms with Gasteiger partial charge in [0.15, 0.2) is 0 Å². The Morgan fingerprint density at radius 3 is 2.71 bits per heavy atom. The van der Waals surface area contributed by atoms with Gasteiger partial charge in [0.25, 0.3) is 0 Å². The molecule has 3 rings (SSSR count). The highest BCUT2D eigenvalue weighted by Crippen LogP contribution is 2.24. The van der Waals surface area contributed by atoms with Gasteiger partial charge in [0.2, 0.25) is 11.8 Å². The lowest BCUT2D eigenvalue weighted by molar-refractivity contribution is -0.157. The van der Waals surface area contributed by atoms with E-state index in [-0.39, 0.29) is 19.4 Å². The van der Waals surface area contributed by atoms with Gasteiger partial charge in [0, 0.05) is 36.5 Å². The average molecular weight is 397 g/mol. The number of nitrogens with zero attached hydrogens (tertiary/aromatic N) is 1. The number of H-pyrrole nitrogens is 1. The number of likely N-dealkylation sites (tertiary alicyclic amines) is 1. The van der Waals surface area contributed by atoms with Crippen molar-refractivity contribution in [3.05, 3.63) is 36.0 Å². The molecule has 0 unspecified atom stereocenters. The number of aromatic amines is 1. The predicted molar refractivity (Wildman–Crippen MR) is 92.3 cm³/mol. The summed E-state index contributed by atoms with van der Waals surface area (Å²) in [5, 5.41) is 12.6. The number of nitrogens with one attached hydrogen (secondary N) is 2.